The lowest BCUT2D eigenvalue weighted by molar-refractivity contribution is -0.139. The third-order valence-electron chi connectivity index (χ3n) is 7.34. The van der Waals surface area contributed by atoms with Gasteiger partial charge in [0.05, 0.1) is 0 Å². The van der Waals surface area contributed by atoms with Crippen molar-refractivity contribution in [3.05, 3.63) is 35.6 Å². The lowest BCUT2D eigenvalue weighted by atomic mass is 9.75. The van der Waals surface area contributed by atoms with Crippen molar-refractivity contribution in [1.82, 2.24) is 20.0 Å². The molecule has 0 atom stereocenters. The molecule has 4 amide bonds. The molecule has 1 aromatic carbocycles. The van der Waals surface area contributed by atoms with Crippen LogP contribution in [0.2, 0.25) is 0 Å². The van der Waals surface area contributed by atoms with E-state index < -0.39 is 11.6 Å². The maximum Gasteiger partial charge on any atom is 0.325 e. The lowest BCUT2D eigenvalue weighted by Crippen LogP contribution is -2.50. The standard InChI is InChI=1S/C24H33FN4O3/c1-2-18-8-10-24(11-9-18)22(31)29(23(32)26-24)17-21(30)28-13-3-12-27(14-15-28)16-19-4-6-20(25)7-5-19/h4-7,18H,2-3,8-17H2,1H3,(H,26,32). The molecule has 1 N–H and O–H groups in total. The number of amides is 4. The van der Waals surface area contributed by atoms with Crippen LogP contribution in [0.5, 0.6) is 0 Å². The van der Waals surface area contributed by atoms with E-state index in [1.165, 1.54) is 12.1 Å². The summed E-state index contributed by atoms with van der Waals surface area (Å²) >= 11 is 0. The smallest absolute Gasteiger partial charge is 0.325 e. The SMILES string of the molecule is CCC1CCC2(CC1)NC(=O)N(CC(=O)N1CCCN(Cc3ccc(F)cc3)CC1)C2=O. The van der Waals surface area contributed by atoms with Crippen molar-refractivity contribution in [2.24, 2.45) is 5.92 Å². The minimum absolute atomic E-state index is 0.184. The van der Waals surface area contributed by atoms with Gasteiger partial charge in [-0.3, -0.25) is 19.4 Å². The van der Waals surface area contributed by atoms with E-state index in [0.29, 0.717) is 44.9 Å². The van der Waals surface area contributed by atoms with E-state index in [1.54, 1.807) is 17.0 Å². The molecule has 4 rings (SSSR count). The molecule has 0 radical (unpaired) electrons. The van der Waals surface area contributed by atoms with E-state index in [9.17, 15) is 18.8 Å². The second kappa shape index (κ2) is 9.57. The van der Waals surface area contributed by atoms with Gasteiger partial charge in [0.2, 0.25) is 5.91 Å². The zero-order chi connectivity index (χ0) is 22.7. The molecule has 7 nitrogen and oxygen atoms in total. The first kappa shape index (κ1) is 22.7. The average Bonchev–Trinajstić information content (AvgIpc) is 2.95. The number of carbonyl (C=O) groups is 3. The van der Waals surface area contributed by atoms with Crippen LogP contribution in [-0.2, 0) is 16.1 Å². The van der Waals surface area contributed by atoms with Gasteiger partial charge in [0.15, 0.2) is 0 Å². The van der Waals surface area contributed by atoms with Gasteiger partial charge in [-0.05, 0) is 55.7 Å². The van der Waals surface area contributed by atoms with Crippen LogP contribution < -0.4 is 5.32 Å². The summed E-state index contributed by atoms with van der Waals surface area (Å²) in [6.45, 7) is 5.36. The van der Waals surface area contributed by atoms with Crippen LogP contribution in [0.15, 0.2) is 24.3 Å². The Morgan fingerprint density at radius 2 is 1.81 bits per heavy atom. The van der Waals surface area contributed by atoms with Crippen LogP contribution in [0.3, 0.4) is 0 Å². The first-order chi connectivity index (χ1) is 15.4. The second-order valence-corrected chi connectivity index (χ2v) is 9.39. The Hall–Kier alpha value is -2.48. The molecule has 174 valence electrons. The summed E-state index contributed by atoms with van der Waals surface area (Å²) in [5.74, 6) is -0.0624. The fourth-order valence-electron chi connectivity index (χ4n) is 5.20. The molecule has 3 fully saturated rings. The number of hydrogen-bond acceptors (Lipinski definition) is 4. The van der Waals surface area contributed by atoms with Crippen molar-refractivity contribution in [2.75, 3.05) is 32.7 Å². The Morgan fingerprint density at radius 1 is 1.09 bits per heavy atom. The lowest BCUT2D eigenvalue weighted by Gasteiger charge is -2.34. The van der Waals surface area contributed by atoms with Crippen LogP contribution in [-0.4, -0.2) is 70.8 Å². The molecule has 1 spiro atoms. The van der Waals surface area contributed by atoms with Gasteiger partial charge in [-0.1, -0.05) is 25.5 Å². The molecule has 32 heavy (non-hydrogen) atoms. The van der Waals surface area contributed by atoms with Crippen molar-refractivity contribution in [2.45, 2.75) is 57.5 Å². The Balaban J connectivity index is 1.31. The maximum absolute atomic E-state index is 13.1. The van der Waals surface area contributed by atoms with E-state index in [2.05, 4.69) is 17.1 Å². The van der Waals surface area contributed by atoms with Gasteiger partial charge in [0.1, 0.15) is 17.9 Å². The molecule has 2 heterocycles. The van der Waals surface area contributed by atoms with E-state index >= 15 is 0 Å². The number of rotatable bonds is 5. The predicted octanol–water partition coefficient (Wildman–Crippen LogP) is 2.75. The molecule has 1 aromatic rings. The topological polar surface area (TPSA) is 73.0 Å². The predicted molar refractivity (Wildman–Crippen MR) is 118 cm³/mol. The molecular weight excluding hydrogens is 411 g/mol. The summed E-state index contributed by atoms with van der Waals surface area (Å²) in [6.07, 6.45) is 5.08. The van der Waals surface area contributed by atoms with E-state index in [1.807, 2.05) is 0 Å². The highest BCUT2D eigenvalue weighted by Crippen LogP contribution is 2.37. The molecule has 1 saturated carbocycles. The third-order valence-corrected chi connectivity index (χ3v) is 7.34. The van der Waals surface area contributed by atoms with Crippen molar-refractivity contribution in [1.29, 1.82) is 0 Å². The molecule has 0 unspecified atom stereocenters. The maximum atomic E-state index is 13.1. The highest BCUT2D eigenvalue weighted by Gasteiger charge is 2.52. The monoisotopic (exact) mass is 444 g/mol. The molecule has 8 heteroatoms. The first-order valence-electron chi connectivity index (χ1n) is 11.8. The Labute approximate surface area is 188 Å². The molecule has 2 saturated heterocycles. The van der Waals surface area contributed by atoms with E-state index in [4.69, 9.17) is 0 Å². The Kier molecular flexibility index (Phi) is 6.79. The van der Waals surface area contributed by atoms with Crippen molar-refractivity contribution >= 4 is 17.8 Å². The summed E-state index contributed by atoms with van der Waals surface area (Å²) in [5, 5.41) is 2.90. The van der Waals surface area contributed by atoms with E-state index in [-0.39, 0.29) is 24.2 Å². The quantitative estimate of drug-likeness (QED) is 0.709. The van der Waals surface area contributed by atoms with Gasteiger partial charge in [-0.2, -0.15) is 0 Å². The van der Waals surface area contributed by atoms with Gasteiger partial charge >= 0.3 is 6.03 Å². The molecule has 0 bridgehead atoms. The summed E-state index contributed by atoms with van der Waals surface area (Å²) in [5.41, 5.74) is 0.224. The Morgan fingerprint density at radius 3 is 2.50 bits per heavy atom. The third kappa shape index (κ3) is 4.80. The van der Waals surface area contributed by atoms with Gasteiger partial charge in [0, 0.05) is 32.7 Å². The molecule has 2 aliphatic heterocycles. The van der Waals surface area contributed by atoms with Crippen LogP contribution >= 0.6 is 0 Å². The fourth-order valence-corrected chi connectivity index (χ4v) is 5.20. The summed E-state index contributed by atoms with van der Waals surface area (Å²) in [4.78, 5) is 43.7. The van der Waals surface area contributed by atoms with Crippen molar-refractivity contribution in [3.63, 3.8) is 0 Å². The fraction of sp³-hybridized carbons (Fsp3) is 0.625. The van der Waals surface area contributed by atoms with E-state index in [0.717, 1.165) is 42.7 Å². The van der Waals surface area contributed by atoms with Crippen LogP contribution in [0, 0.1) is 11.7 Å². The highest BCUT2D eigenvalue weighted by atomic mass is 19.1. The Bertz CT molecular complexity index is 851. The normalized spacial score (nSPS) is 27.0. The number of urea groups is 1. The van der Waals surface area contributed by atoms with Gasteiger partial charge < -0.3 is 10.2 Å². The molecule has 3 aliphatic rings. The number of halogens is 1. The van der Waals surface area contributed by atoms with Gasteiger partial charge in [-0.25, -0.2) is 9.18 Å². The minimum Gasteiger partial charge on any atom is -0.340 e. The van der Waals surface area contributed by atoms with Crippen LogP contribution in [0.25, 0.3) is 0 Å². The average molecular weight is 445 g/mol. The minimum atomic E-state index is -0.812. The number of nitrogens with one attached hydrogen (secondary N) is 1. The summed E-state index contributed by atoms with van der Waals surface area (Å²) in [6, 6.07) is 6.05. The first-order valence-corrected chi connectivity index (χ1v) is 11.8. The van der Waals surface area contributed by atoms with Crippen LogP contribution in [0.4, 0.5) is 9.18 Å². The second-order valence-electron chi connectivity index (χ2n) is 9.39. The van der Waals surface area contributed by atoms with Crippen LogP contribution in [0.1, 0.15) is 51.0 Å². The highest BCUT2D eigenvalue weighted by molar-refractivity contribution is 6.09. The number of benzene rings is 1. The zero-order valence-corrected chi connectivity index (χ0v) is 18.8. The largest absolute Gasteiger partial charge is 0.340 e. The number of nitrogens with zero attached hydrogens (tertiary/aromatic N) is 3. The van der Waals surface area contributed by atoms with Crippen molar-refractivity contribution < 1.29 is 18.8 Å². The van der Waals surface area contributed by atoms with Gasteiger partial charge in [0.25, 0.3) is 5.91 Å². The number of hydrogen-bond donors (Lipinski definition) is 1. The number of imide groups is 1. The summed E-state index contributed by atoms with van der Waals surface area (Å²) < 4.78 is 13.1. The van der Waals surface area contributed by atoms with Crippen molar-refractivity contribution in [3.8, 4) is 0 Å². The van der Waals surface area contributed by atoms with Gasteiger partial charge in [-0.15, -0.1) is 0 Å². The zero-order valence-electron chi connectivity index (χ0n) is 18.8. The number of carbonyl (C=O) groups excluding carboxylic acids is 3. The summed E-state index contributed by atoms with van der Waals surface area (Å²) in [7, 11) is 0. The molecule has 0 aromatic heterocycles. The molecular formula is C24H33FN4O3. The molecule has 1 aliphatic carbocycles.